The second kappa shape index (κ2) is 9.57. The van der Waals surface area contributed by atoms with Crippen molar-refractivity contribution >= 4 is 15.9 Å². The molecule has 0 aliphatic heterocycles. The van der Waals surface area contributed by atoms with Crippen molar-refractivity contribution in [1.82, 2.24) is 4.90 Å². The lowest BCUT2D eigenvalue weighted by molar-refractivity contribution is -0.134. The normalized spacial score (nSPS) is 12.3. The van der Waals surface area contributed by atoms with Gasteiger partial charge < -0.3 is 14.4 Å². The predicted octanol–water partition coefficient (Wildman–Crippen LogP) is 2.72. The average molecular weight is 407 g/mol. The number of sulfonamides is 1. The molecule has 1 unspecified atom stereocenters. The molecule has 8 heteroatoms. The maximum atomic E-state index is 12.5. The van der Waals surface area contributed by atoms with Gasteiger partial charge in [0.25, 0.3) is 5.91 Å². The Hall–Kier alpha value is -2.58. The molecular weight excluding hydrogens is 380 g/mol. The highest BCUT2D eigenvalue weighted by molar-refractivity contribution is 7.89. The molecule has 152 valence electrons. The van der Waals surface area contributed by atoms with Crippen molar-refractivity contribution in [3.63, 3.8) is 0 Å². The lowest BCUT2D eigenvalue weighted by Crippen LogP contribution is -2.33. The minimum absolute atomic E-state index is 0.0133. The van der Waals surface area contributed by atoms with Crippen LogP contribution < -0.4 is 14.6 Å². The summed E-state index contributed by atoms with van der Waals surface area (Å²) in [5.41, 5.74) is 0.666. The molecule has 0 aliphatic carbocycles. The van der Waals surface area contributed by atoms with Gasteiger partial charge in [0.1, 0.15) is 11.5 Å². The number of hydrogen-bond donors (Lipinski definition) is 1. The van der Waals surface area contributed by atoms with Gasteiger partial charge >= 0.3 is 0 Å². The molecule has 7 nitrogen and oxygen atoms in total. The smallest absolute Gasteiger partial charge is 0.260 e. The van der Waals surface area contributed by atoms with E-state index in [9.17, 15) is 13.2 Å². The minimum Gasteiger partial charge on any atom is -0.494 e. The van der Waals surface area contributed by atoms with Gasteiger partial charge in [0, 0.05) is 7.05 Å². The van der Waals surface area contributed by atoms with E-state index in [2.05, 4.69) is 0 Å². The highest BCUT2D eigenvalue weighted by atomic mass is 32.2. The van der Waals surface area contributed by atoms with Gasteiger partial charge in [-0.3, -0.25) is 4.79 Å². The molecule has 0 fully saturated rings. The fourth-order valence-corrected chi connectivity index (χ4v) is 3.06. The molecule has 0 spiro atoms. The van der Waals surface area contributed by atoms with E-state index in [1.165, 1.54) is 17.0 Å². The first-order valence-corrected chi connectivity index (χ1v) is 10.5. The van der Waals surface area contributed by atoms with Crippen LogP contribution in [0.2, 0.25) is 0 Å². The van der Waals surface area contributed by atoms with E-state index in [1.807, 2.05) is 6.92 Å². The van der Waals surface area contributed by atoms with Crippen molar-refractivity contribution in [2.75, 3.05) is 20.3 Å². The van der Waals surface area contributed by atoms with Crippen LogP contribution in [0, 0.1) is 0 Å². The molecule has 0 radical (unpaired) electrons. The molecule has 0 bridgehead atoms. The number of likely N-dealkylation sites (N-methyl/N-ethyl adjacent to an activating group) is 1. The summed E-state index contributed by atoms with van der Waals surface area (Å²) >= 11 is 0. The van der Waals surface area contributed by atoms with Crippen LogP contribution in [0.4, 0.5) is 0 Å². The van der Waals surface area contributed by atoms with E-state index in [4.69, 9.17) is 14.6 Å². The van der Waals surface area contributed by atoms with Crippen LogP contribution in [-0.2, 0) is 14.8 Å². The molecule has 2 aromatic carbocycles. The predicted molar refractivity (Wildman–Crippen MR) is 107 cm³/mol. The van der Waals surface area contributed by atoms with Crippen LogP contribution in [-0.4, -0.2) is 39.5 Å². The van der Waals surface area contributed by atoms with Gasteiger partial charge in [-0.15, -0.1) is 0 Å². The SMILES string of the molecule is CCCOc1ccc(OCC(=O)N(C)C(C)c2cccc(S(N)(=O)=O)c2)cc1. The van der Waals surface area contributed by atoms with Crippen molar-refractivity contribution in [1.29, 1.82) is 0 Å². The molecule has 0 heterocycles. The van der Waals surface area contributed by atoms with E-state index >= 15 is 0 Å². The fourth-order valence-electron chi connectivity index (χ4n) is 2.49. The van der Waals surface area contributed by atoms with Crippen molar-refractivity contribution in [2.45, 2.75) is 31.2 Å². The van der Waals surface area contributed by atoms with E-state index in [1.54, 1.807) is 50.4 Å². The third kappa shape index (κ3) is 5.97. The van der Waals surface area contributed by atoms with Gasteiger partial charge in [0.2, 0.25) is 10.0 Å². The van der Waals surface area contributed by atoms with Crippen LogP contribution >= 0.6 is 0 Å². The van der Waals surface area contributed by atoms with E-state index in [0.29, 0.717) is 17.9 Å². The number of carbonyl (C=O) groups is 1. The van der Waals surface area contributed by atoms with Gasteiger partial charge in [-0.2, -0.15) is 0 Å². The lowest BCUT2D eigenvalue weighted by atomic mass is 10.1. The third-order valence-electron chi connectivity index (χ3n) is 4.30. The average Bonchev–Trinajstić information content (AvgIpc) is 2.69. The molecule has 0 aliphatic rings. The molecule has 0 saturated heterocycles. The molecular formula is C20H26N2O5S. The second-order valence-corrected chi connectivity index (χ2v) is 7.97. The summed E-state index contributed by atoms with van der Waals surface area (Å²) in [6, 6.07) is 13.0. The second-order valence-electron chi connectivity index (χ2n) is 6.41. The molecule has 1 amide bonds. The summed E-state index contributed by atoms with van der Waals surface area (Å²) in [5, 5.41) is 5.17. The zero-order valence-corrected chi connectivity index (χ0v) is 17.1. The molecule has 0 saturated carbocycles. The Morgan fingerprint density at radius 1 is 1.11 bits per heavy atom. The van der Waals surface area contributed by atoms with Crippen molar-refractivity contribution in [2.24, 2.45) is 5.14 Å². The maximum absolute atomic E-state index is 12.5. The Balaban J connectivity index is 1.96. The van der Waals surface area contributed by atoms with E-state index < -0.39 is 10.0 Å². The maximum Gasteiger partial charge on any atom is 0.260 e. The Bertz CT molecular complexity index is 897. The lowest BCUT2D eigenvalue weighted by Gasteiger charge is -2.25. The minimum atomic E-state index is -3.80. The Labute approximate surface area is 166 Å². The summed E-state index contributed by atoms with van der Waals surface area (Å²) in [6.07, 6.45) is 0.928. The first kappa shape index (κ1) is 21.7. The Morgan fingerprint density at radius 2 is 1.71 bits per heavy atom. The van der Waals surface area contributed by atoms with Gasteiger partial charge in [-0.1, -0.05) is 19.1 Å². The fraction of sp³-hybridized carbons (Fsp3) is 0.350. The quantitative estimate of drug-likeness (QED) is 0.690. The van der Waals surface area contributed by atoms with Gasteiger partial charge in [-0.05, 0) is 55.3 Å². The van der Waals surface area contributed by atoms with Gasteiger partial charge in [-0.25, -0.2) is 13.6 Å². The number of ether oxygens (including phenoxy) is 2. The molecule has 2 aromatic rings. The number of benzene rings is 2. The Kier molecular flexibility index (Phi) is 7.42. The van der Waals surface area contributed by atoms with Gasteiger partial charge in [0.15, 0.2) is 6.61 Å². The van der Waals surface area contributed by atoms with Crippen LogP contribution in [0.5, 0.6) is 11.5 Å². The van der Waals surface area contributed by atoms with Crippen molar-refractivity contribution < 1.29 is 22.7 Å². The number of primary sulfonamides is 1. The molecule has 28 heavy (non-hydrogen) atoms. The summed E-state index contributed by atoms with van der Waals surface area (Å²) in [4.78, 5) is 14.0. The standard InChI is InChI=1S/C20H26N2O5S/c1-4-12-26-17-8-10-18(11-9-17)27-14-20(23)22(3)15(2)16-6-5-7-19(13-16)28(21,24)25/h5-11,13,15H,4,12,14H2,1-3H3,(H2,21,24,25). The summed E-state index contributed by atoms with van der Waals surface area (Å²) in [5.74, 6) is 1.08. The summed E-state index contributed by atoms with van der Waals surface area (Å²) < 4.78 is 34.1. The summed E-state index contributed by atoms with van der Waals surface area (Å²) in [7, 11) is -2.16. The topological polar surface area (TPSA) is 98.9 Å². The van der Waals surface area contributed by atoms with Crippen molar-refractivity contribution in [3.8, 4) is 11.5 Å². The number of nitrogens with two attached hydrogens (primary N) is 1. The zero-order chi connectivity index (χ0) is 20.7. The highest BCUT2D eigenvalue weighted by Crippen LogP contribution is 2.22. The molecule has 2 rings (SSSR count). The largest absolute Gasteiger partial charge is 0.494 e. The van der Waals surface area contributed by atoms with E-state index in [-0.39, 0.29) is 23.5 Å². The van der Waals surface area contributed by atoms with Crippen LogP contribution in [0.1, 0.15) is 31.9 Å². The summed E-state index contributed by atoms with van der Waals surface area (Å²) in [6.45, 7) is 4.35. The number of carbonyl (C=O) groups excluding carboxylic acids is 1. The number of rotatable bonds is 9. The molecule has 0 aromatic heterocycles. The Morgan fingerprint density at radius 3 is 2.29 bits per heavy atom. The molecule has 1 atom stereocenters. The van der Waals surface area contributed by atoms with Crippen LogP contribution in [0.3, 0.4) is 0 Å². The molecule has 2 N–H and O–H groups in total. The number of nitrogens with zero attached hydrogens (tertiary/aromatic N) is 1. The first-order valence-electron chi connectivity index (χ1n) is 8.96. The number of amides is 1. The zero-order valence-electron chi connectivity index (χ0n) is 16.3. The van der Waals surface area contributed by atoms with Crippen LogP contribution in [0.25, 0.3) is 0 Å². The van der Waals surface area contributed by atoms with Gasteiger partial charge in [0.05, 0.1) is 17.5 Å². The first-order chi connectivity index (χ1) is 13.2. The monoisotopic (exact) mass is 406 g/mol. The highest BCUT2D eigenvalue weighted by Gasteiger charge is 2.19. The third-order valence-corrected chi connectivity index (χ3v) is 5.21. The number of hydrogen-bond acceptors (Lipinski definition) is 5. The van der Waals surface area contributed by atoms with Crippen LogP contribution in [0.15, 0.2) is 53.4 Å². The van der Waals surface area contributed by atoms with Crippen molar-refractivity contribution in [3.05, 3.63) is 54.1 Å². The van der Waals surface area contributed by atoms with E-state index in [0.717, 1.165) is 12.2 Å².